The van der Waals surface area contributed by atoms with E-state index in [4.69, 9.17) is 87.8 Å². The Hall–Kier alpha value is -13.3. The molecule has 8 fully saturated rings. The molecule has 13 aromatic rings. The van der Waals surface area contributed by atoms with Gasteiger partial charge in [0.15, 0.2) is 11.5 Å². The summed E-state index contributed by atoms with van der Waals surface area (Å²) < 4.78 is 38.2. The van der Waals surface area contributed by atoms with Crippen molar-refractivity contribution in [2.75, 3.05) is 71.1 Å². The molecule has 10 N–H and O–H groups in total. The van der Waals surface area contributed by atoms with Gasteiger partial charge in [-0.05, 0) is 198 Å². The number of nitrogen functional groups attached to an aromatic ring is 1. The maximum Gasteiger partial charge on any atom is 0.324 e. The van der Waals surface area contributed by atoms with E-state index in [9.17, 15) is 4.39 Å². The van der Waals surface area contributed by atoms with E-state index in [0.717, 1.165) is 168 Å². The molecule has 28 heteroatoms. The van der Waals surface area contributed by atoms with Gasteiger partial charge in [-0.25, -0.2) is 14.4 Å². The van der Waals surface area contributed by atoms with Crippen LogP contribution in [0.15, 0.2) is 159 Å². The van der Waals surface area contributed by atoms with Gasteiger partial charge in [-0.2, -0.15) is 45.1 Å². The molecule has 4 saturated heterocycles. The number of fused-ring (bicyclic) bond motifs is 18. The van der Waals surface area contributed by atoms with Crippen LogP contribution >= 0.6 is 0 Å². The Morgan fingerprint density at radius 3 is 1.36 bits per heavy atom. The van der Waals surface area contributed by atoms with Crippen LogP contribution in [0, 0.1) is 86.3 Å². The lowest BCUT2D eigenvalue weighted by molar-refractivity contribution is 0.432. The van der Waals surface area contributed by atoms with Gasteiger partial charge in [0.1, 0.15) is 46.4 Å². The number of nitrogens with two attached hydrogens (primary N) is 5. The van der Waals surface area contributed by atoms with Crippen molar-refractivity contribution in [3.63, 3.8) is 0 Å². The zero-order chi connectivity index (χ0) is 81.9. The van der Waals surface area contributed by atoms with Gasteiger partial charge in [0.05, 0.1) is 70.2 Å². The van der Waals surface area contributed by atoms with Crippen LogP contribution in [0.2, 0.25) is 0 Å². The normalized spacial score (nSPS) is 23.1. The summed E-state index contributed by atoms with van der Waals surface area (Å²) in [6.45, 7) is 14.8. The van der Waals surface area contributed by atoms with Gasteiger partial charge in [0.25, 0.3) is 0 Å². The average Bonchev–Trinajstić information content (AvgIpc) is 1.59. The monoisotopic (exact) mass is 1610 g/mol. The van der Waals surface area contributed by atoms with E-state index in [2.05, 4.69) is 131 Å². The van der Waals surface area contributed by atoms with Crippen molar-refractivity contribution in [1.29, 1.82) is 5.26 Å². The molecule has 8 aliphatic carbocycles. The number of benzene rings is 5. The Labute approximate surface area is 696 Å². The molecule has 0 amide bonds. The molecule has 121 heavy (non-hydrogen) atoms. The zero-order valence-electron chi connectivity index (χ0n) is 67.1. The van der Waals surface area contributed by atoms with E-state index >= 15 is 0 Å². The standard InChI is InChI=1S/C25H22N6O.C24H21N5O.C22H22FN7O.C22H21N5O/c1-13-4-2-5-15-16(13)9-21-22(15)24(31-11-17-18(12-31)23(17)26)30-25(29-21)32-14-8-20-19(28-10-14)6-3-7-27-20;1-13-4-2-7-16-17(13)9-20-21(16)23(29-11-18-19(12-29)22(18)26)28-24(27-20)30-15-6-3-5-14(8-15)10-25;1-10-26-7-14(8-27-10)31-22-28-19-6-15-16(3-12(23)4-18(15)25)20(19)21(29-22)30-9-11-2-13(30)5-17(11)24;1-12-4-2-6-14-15(12)8-18-19(14)21(27-10-16-17(11-27)20(16)23)26-22(25-18)28-13-5-3-7-24-9-13/h2-8,10,17-18,23H,9,11-12,26H2,1H3;2-8,18-19,22H,9,11-12,26H2,1H3;3-4,7-8,11,13,17H,2,5-6,9,24-25H2,1H3;2-7,9,16-17,20H,8,10-11,23H2,1H3. The fourth-order valence-electron chi connectivity index (χ4n) is 20.2. The topological polar surface area (TPSA) is 371 Å². The highest BCUT2D eigenvalue weighted by Gasteiger charge is 2.57. The molecular formula is C93H86FN23O4. The molecule has 4 aliphatic heterocycles. The largest absolute Gasteiger partial charge is 0.424 e. The lowest BCUT2D eigenvalue weighted by atomic mass is 10.0. The predicted molar refractivity (Wildman–Crippen MR) is 455 cm³/mol. The van der Waals surface area contributed by atoms with Crippen molar-refractivity contribution < 1.29 is 23.3 Å². The molecule has 0 radical (unpaired) electrons. The van der Waals surface area contributed by atoms with Crippen LogP contribution in [0.1, 0.15) is 85.9 Å². The molecule has 5 aromatic carbocycles. The minimum atomic E-state index is -0.364. The number of pyridine rings is 3. The summed E-state index contributed by atoms with van der Waals surface area (Å²) in [5, 5.41) is 9.17. The Kier molecular flexibility index (Phi) is 17.7. The Morgan fingerprint density at radius 1 is 0.413 bits per heavy atom. The van der Waals surface area contributed by atoms with Crippen LogP contribution in [-0.2, 0) is 25.7 Å². The number of aromatic nitrogens is 13. The zero-order valence-corrected chi connectivity index (χ0v) is 67.1. The minimum absolute atomic E-state index is 0.219. The minimum Gasteiger partial charge on any atom is -0.424 e. The molecule has 8 aromatic heterocycles. The molecule has 4 saturated carbocycles. The SMILES string of the molecule is Cc1cccc2c1Cc1nc(Oc3cccc(C#N)c3)nc(N3CC4C(N)C4C3)c1-2.Cc1cccc2c1Cc1nc(Oc3cccnc3)nc(N3CC4C(N)C4C3)c1-2.Cc1cccc2c1Cc1nc(Oc3cnc4cccnc4c3)nc(N3CC4C(N)C4C3)c1-2.Cc1ncc(Oc2nc3c(c(N4CC5CC4CC5N)n2)-c2cc(F)cc(N)c2C3)cn1. The van der Waals surface area contributed by atoms with Gasteiger partial charge in [0, 0.05) is 148 Å². The number of nitrogens with zero attached hydrogens (tertiary/aromatic N) is 18. The summed E-state index contributed by atoms with van der Waals surface area (Å²) in [4.78, 5) is 69.0. The molecule has 12 heterocycles. The van der Waals surface area contributed by atoms with Gasteiger partial charge in [0.2, 0.25) is 0 Å². The molecule has 0 spiro atoms. The van der Waals surface area contributed by atoms with Gasteiger partial charge in [-0.3, -0.25) is 15.0 Å². The number of anilines is 5. The summed E-state index contributed by atoms with van der Waals surface area (Å²) in [5.41, 5.74) is 54.8. The fourth-order valence-corrected chi connectivity index (χ4v) is 20.2. The summed E-state index contributed by atoms with van der Waals surface area (Å²) in [5.74, 6) is 10.1. The number of rotatable bonds is 12. The average molecular weight is 1610 g/mol. The third-order valence-corrected chi connectivity index (χ3v) is 26.9. The van der Waals surface area contributed by atoms with Gasteiger partial charge in [-0.1, -0.05) is 60.7 Å². The first-order valence-electron chi connectivity index (χ1n) is 41.6. The van der Waals surface area contributed by atoms with E-state index in [0.29, 0.717) is 130 Å². The molecule has 12 aliphatic rings. The van der Waals surface area contributed by atoms with Crippen LogP contribution in [0.5, 0.6) is 47.0 Å². The van der Waals surface area contributed by atoms with E-state index in [1.54, 1.807) is 55.4 Å². The van der Waals surface area contributed by atoms with E-state index in [-0.39, 0.29) is 17.9 Å². The fraction of sp³-hybridized carbons (Fsp3) is 0.312. The summed E-state index contributed by atoms with van der Waals surface area (Å²) in [6, 6.07) is 43.7. The van der Waals surface area contributed by atoms with Crippen LogP contribution in [0.3, 0.4) is 0 Å². The van der Waals surface area contributed by atoms with E-state index < -0.39 is 0 Å². The molecule has 25 rings (SSSR count). The van der Waals surface area contributed by atoms with Crippen molar-refractivity contribution in [2.24, 2.45) is 64.4 Å². The Balaban J connectivity index is 0.0000000967. The lowest BCUT2D eigenvalue weighted by Gasteiger charge is -2.32. The lowest BCUT2D eigenvalue weighted by Crippen LogP contribution is -2.41. The first-order valence-corrected chi connectivity index (χ1v) is 41.6. The third-order valence-electron chi connectivity index (χ3n) is 26.9. The summed E-state index contributed by atoms with van der Waals surface area (Å²) in [6.07, 6.45) is 14.9. The van der Waals surface area contributed by atoms with Crippen molar-refractivity contribution in [3.05, 3.63) is 237 Å². The number of piperidine rings is 4. The smallest absolute Gasteiger partial charge is 0.324 e. The molecule has 604 valence electrons. The Morgan fingerprint density at radius 2 is 0.868 bits per heavy atom. The van der Waals surface area contributed by atoms with Crippen molar-refractivity contribution >= 4 is 40.0 Å². The molecule has 9 unspecified atom stereocenters. The number of hydrogen-bond acceptors (Lipinski definition) is 27. The summed E-state index contributed by atoms with van der Waals surface area (Å²) >= 11 is 0. The first kappa shape index (κ1) is 74.0. The van der Waals surface area contributed by atoms with Gasteiger partial charge >= 0.3 is 24.0 Å². The molecule has 27 nitrogen and oxygen atoms in total. The van der Waals surface area contributed by atoms with Crippen LogP contribution in [0.4, 0.5) is 33.3 Å². The number of aryl methyl sites for hydroxylation is 4. The number of hydrogen-bond donors (Lipinski definition) is 5. The van der Waals surface area contributed by atoms with E-state index in [1.165, 1.54) is 62.2 Å². The number of nitriles is 1. The highest BCUT2D eigenvalue weighted by atomic mass is 19.1. The maximum atomic E-state index is 14.2. The van der Waals surface area contributed by atoms with Crippen molar-refractivity contribution in [2.45, 2.75) is 96.4 Å². The maximum absolute atomic E-state index is 14.2. The van der Waals surface area contributed by atoms with Gasteiger partial charge in [-0.15, -0.1) is 0 Å². The second-order valence-corrected chi connectivity index (χ2v) is 34.2. The third kappa shape index (κ3) is 13.3. The first-order chi connectivity index (χ1) is 58.9. The number of ether oxygens (including phenoxy) is 4. The Bertz CT molecular complexity index is 6420. The molecule has 9 atom stereocenters. The highest BCUT2D eigenvalue weighted by Crippen LogP contribution is 2.55. The van der Waals surface area contributed by atoms with Gasteiger partial charge < -0.3 is 67.2 Å². The van der Waals surface area contributed by atoms with E-state index in [1.807, 2.05) is 43.3 Å². The van der Waals surface area contributed by atoms with Crippen LogP contribution in [0.25, 0.3) is 55.5 Å². The molecule has 2 bridgehead atoms. The van der Waals surface area contributed by atoms with Crippen molar-refractivity contribution in [1.82, 2.24) is 64.8 Å². The van der Waals surface area contributed by atoms with Crippen LogP contribution in [-0.4, -0.2) is 141 Å². The van der Waals surface area contributed by atoms with Crippen molar-refractivity contribution in [3.8, 4) is 97.6 Å². The summed E-state index contributed by atoms with van der Waals surface area (Å²) in [7, 11) is 0. The molecular weight excluding hydrogens is 1520 g/mol. The quantitative estimate of drug-likeness (QED) is 0.0709. The second kappa shape index (κ2) is 29.0. The predicted octanol–water partition coefficient (Wildman–Crippen LogP) is 12.4. The second-order valence-electron chi connectivity index (χ2n) is 34.2. The number of halogens is 1. The highest BCUT2D eigenvalue weighted by molar-refractivity contribution is 5.90. The van der Waals surface area contributed by atoms with Crippen LogP contribution < -0.4 is 67.2 Å².